The molecular weight excluding hydrogens is 304 g/mol. The molecule has 0 saturated heterocycles. The van der Waals surface area contributed by atoms with Gasteiger partial charge in [0.2, 0.25) is 11.3 Å². The van der Waals surface area contributed by atoms with Crippen molar-refractivity contribution in [3.63, 3.8) is 0 Å². The van der Waals surface area contributed by atoms with Crippen LogP contribution in [-0.2, 0) is 17.9 Å². The van der Waals surface area contributed by atoms with Gasteiger partial charge >= 0.3 is 0 Å². The zero-order chi connectivity index (χ0) is 16.9. The molecule has 0 aliphatic rings. The summed E-state index contributed by atoms with van der Waals surface area (Å²) in [4.78, 5) is 23.9. The molecule has 1 heterocycles. The van der Waals surface area contributed by atoms with Crippen molar-refractivity contribution >= 4 is 16.8 Å². The lowest BCUT2D eigenvalue weighted by Crippen LogP contribution is -2.28. The fraction of sp³-hybridized carbons (Fsp3) is 0.111. The van der Waals surface area contributed by atoms with E-state index in [4.69, 9.17) is 5.26 Å². The van der Waals surface area contributed by atoms with Crippen LogP contribution >= 0.6 is 0 Å². The summed E-state index contributed by atoms with van der Waals surface area (Å²) in [5.41, 5.74) is 1.94. The first-order chi connectivity index (χ1) is 11.7. The standard InChI is InChI=1S/C18H14N4O2/c19-9-13-5-7-14(8-6-13)10-20-18(24)12-22-16-4-2-1-3-15(16)17(23)11-21-22/h1-8,11H,10,12H2,(H,20,24). The number of hydrogen-bond acceptors (Lipinski definition) is 4. The molecule has 118 valence electrons. The van der Waals surface area contributed by atoms with Crippen LogP contribution in [-0.4, -0.2) is 15.7 Å². The normalized spacial score (nSPS) is 10.3. The number of amides is 1. The molecule has 2 aromatic carbocycles. The molecule has 0 bridgehead atoms. The van der Waals surface area contributed by atoms with Gasteiger partial charge in [-0.05, 0) is 29.8 Å². The molecule has 0 atom stereocenters. The van der Waals surface area contributed by atoms with Gasteiger partial charge in [-0.15, -0.1) is 0 Å². The van der Waals surface area contributed by atoms with Gasteiger partial charge in [0.15, 0.2) is 0 Å². The molecule has 0 spiro atoms. The van der Waals surface area contributed by atoms with E-state index in [2.05, 4.69) is 10.4 Å². The highest BCUT2D eigenvalue weighted by Gasteiger charge is 2.07. The lowest BCUT2D eigenvalue weighted by atomic mass is 10.1. The summed E-state index contributed by atoms with van der Waals surface area (Å²) in [5, 5.41) is 16.1. The van der Waals surface area contributed by atoms with Gasteiger partial charge in [-0.1, -0.05) is 24.3 Å². The largest absolute Gasteiger partial charge is 0.350 e. The maximum absolute atomic E-state index is 12.1. The van der Waals surface area contributed by atoms with Crippen molar-refractivity contribution in [1.82, 2.24) is 15.1 Å². The minimum absolute atomic E-state index is 0.0249. The monoisotopic (exact) mass is 318 g/mol. The van der Waals surface area contributed by atoms with Gasteiger partial charge in [0, 0.05) is 11.9 Å². The molecule has 0 radical (unpaired) electrons. The third kappa shape index (κ3) is 3.31. The van der Waals surface area contributed by atoms with E-state index >= 15 is 0 Å². The first-order valence-corrected chi connectivity index (χ1v) is 7.38. The highest BCUT2D eigenvalue weighted by atomic mass is 16.2. The van der Waals surface area contributed by atoms with Gasteiger partial charge < -0.3 is 5.32 Å². The smallest absolute Gasteiger partial charge is 0.242 e. The molecule has 3 aromatic rings. The van der Waals surface area contributed by atoms with Crippen molar-refractivity contribution in [2.75, 3.05) is 0 Å². The number of aromatic nitrogens is 2. The Bertz CT molecular complexity index is 984. The fourth-order valence-corrected chi connectivity index (χ4v) is 2.38. The van der Waals surface area contributed by atoms with Crippen LogP contribution in [0.15, 0.2) is 59.5 Å². The lowest BCUT2D eigenvalue weighted by molar-refractivity contribution is -0.121. The maximum Gasteiger partial charge on any atom is 0.242 e. The molecule has 3 rings (SSSR count). The van der Waals surface area contributed by atoms with Crippen LogP contribution < -0.4 is 10.7 Å². The summed E-state index contributed by atoms with van der Waals surface area (Å²) in [6, 6.07) is 16.1. The number of benzene rings is 2. The molecule has 0 aliphatic carbocycles. The van der Waals surface area contributed by atoms with Gasteiger partial charge in [-0.3, -0.25) is 14.3 Å². The molecule has 1 amide bonds. The first-order valence-electron chi connectivity index (χ1n) is 7.38. The molecule has 24 heavy (non-hydrogen) atoms. The number of fused-ring (bicyclic) bond motifs is 1. The number of para-hydroxylation sites is 1. The second-order valence-electron chi connectivity index (χ2n) is 5.27. The highest BCUT2D eigenvalue weighted by Crippen LogP contribution is 2.08. The molecule has 0 fully saturated rings. The van der Waals surface area contributed by atoms with E-state index in [9.17, 15) is 9.59 Å². The average Bonchev–Trinajstić information content (AvgIpc) is 2.63. The average molecular weight is 318 g/mol. The van der Waals surface area contributed by atoms with Crippen molar-refractivity contribution in [2.45, 2.75) is 13.1 Å². The number of nitrogens with one attached hydrogen (secondary N) is 1. The van der Waals surface area contributed by atoms with Crippen molar-refractivity contribution in [2.24, 2.45) is 0 Å². The molecular formula is C18H14N4O2. The van der Waals surface area contributed by atoms with Crippen LogP contribution in [0.25, 0.3) is 10.9 Å². The van der Waals surface area contributed by atoms with E-state index in [1.54, 1.807) is 48.5 Å². The predicted molar refractivity (Wildman–Crippen MR) is 89.0 cm³/mol. The number of nitrogens with zero attached hydrogens (tertiary/aromatic N) is 3. The maximum atomic E-state index is 12.1. The van der Waals surface area contributed by atoms with E-state index < -0.39 is 0 Å². The van der Waals surface area contributed by atoms with Gasteiger partial charge in [-0.25, -0.2) is 0 Å². The number of rotatable bonds is 4. The molecule has 1 aromatic heterocycles. The summed E-state index contributed by atoms with van der Waals surface area (Å²) in [6.45, 7) is 0.389. The molecule has 0 unspecified atom stereocenters. The van der Waals surface area contributed by atoms with Gasteiger partial charge in [-0.2, -0.15) is 10.4 Å². The Morgan fingerprint density at radius 2 is 1.92 bits per heavy atom. The summed E-state index contributed by atoms with van der Waals surface area (Å²) >= 11 is 0. The topological polar surface area (TPSA) is 87.8 Å². The van der Waals surface area contributed by atoms with Crippen LogP contribution in [0.2, 0.25) is 0 Å². The van der Waals surface area contributed by atoms with Gasteiger partial charge in [0.05, 0.1) is 23.3 Å². The van der Waals surface area contributed by atoms with E-state index in [0.717, 1.165) is 5.56 Å². The Morgan fingerprint density at radius 3 is 2.67 bits per heavy atom. The van der Waals surface area contributed by atoms with E-state index in [0.29, 0.717) is 23.0 Å². The van der Waals surface area contributed by atoms with Gasteiger partial charge in [0.25, 0.3) is 0 Å². The van der Waals surface area contributed by atoms with Crippen molar-refractivity contribution in [3.8, 4) is 6.07 Å². The zero-order valence-electron chi connectivity index (χ0n) is 12.8. The van der Waals surface area contributed by atoms with Crippen molar-refractivity contribution in [1.29, 1.82) is 5.26 Å². The van der Waals surface area contributed by atoms with Crippen LogP contribution in [0.5, 0.6) is 0 Å². The SMILES string of the molecule is N#Cc1ccc(CNC(=O)Cn2ncc(=O)c3ccccc32)cc1. The highest BCUT2D eigenvalue weighted by molar-refractivity contribution is 5.81. The van der Waals surface area contributed by atoms with Crippen LogP contribution in [0.3, 0.4) is 0 Å². The Hall–Kier alpha value is -3.46. The summed E-state index contributed by atoms with van der Waals surface area (Å²) in [5.74, 6) is -0.208. The minimum atomic E-state index is -0.208. The quantitative estimate of drug-likeness (QED) is 0.791. The van der Waals surface area contributed by atoms with Crippen molar-refractivity contribution < 1.29 is 4.79 Å². The van der Waals surface area contributed by atoms with Crippen LogP contribution in [0.1, 0.15) is 11.1 Å². The van der Waals surface area contributed by atoms with E-state index in [-0.39, 0.29) is 17.9 Å². The second-order valence-corrected chi connectivity index (χ2v) is 5.27. The Kier molecular flexibility index (Phi) is 4.34. The first kappa shape index (κ1) is 15.4. The molecule has 6 nitrogen and oxygen atoms in total. The number of carbonyl (C=O) groups is 1. The fourth-order valence-electron chi connectivity index (χ4n) is 2.38. The summed E-state index contributed by atoms with van der Waals surface area (Å²) in [6.07, 6.45) is 1.22. The van der Waals surface area contributed by atoms with Gasteiger partial charge in [0.1, 0.15) is 6.54 Å². The minimum Gasteiger partial charge on any atom is -0.350 e. The Labute approximate surface area is 138 Å². The molecule has 1 N–H and O–H groups in total. The Balaban J connectivity index is 1.70. The third-order valence-corrected chi connectivity index (χ3v) is 3.63. The molecule has 6 heteroatoms. The zero-order valence-corrected chi connectivity index (χ0v) is 12.8. The van der Waals surface area contributed by atoms with E-state index in [1.807, 2.05) is 6.07 Å². The number of carbonyl (C=O) groups excluding carboxylic acids is 1. The van der Waals surface area contributed by atoms with Crippen LogP contribution in [0, 0.1) is 11.3 Å². The number of hydrogen-bond donors (Lipinski definition) is 1. The lowest BCUT2D eigenvalue weighted by Gasteiger charge is -2.10. The third-order valence-electron chi connectivity index (χ3n) is 3.63. The number of nitriles is 1. The summed E-state index contributed by atoms with van der Waals surface area (Å²) in [7, 11) is 0. The summed E-state index contributed by atoms with van der Waals surface area (Å²) < 4.78 is 1.50. The van der Waals surface area contributed by atoms with Crippen molar-refractivity contribution in [3.05, 3.63) is 76.1 Å². The Morgan fingerprint density at radius 1 is 1.17 bits per heavy atom. The molecule has 0 saturated carbocycles. The van der Waals surface area contributed by atoms with E-state index in [1.165, 1.54) is 10.9 Å². The predicted octanol–water partition coefficient (Wildman–Crippen LogP) is 1.58. The van der Waals surface area contributed by atoms with Crippen LogP contribution in [0.4, 0.5) is 0 Å². The molecule has 0 aliphatic heterocycles. The second kappa shape index (κ2) is 6.75.